The first-order chi connectivity index (χ1) is 21.8. The molecule has 0 radical (unpaired) electrons. The van der Waals surface area contributed by atoms with E-state index in [2.05, 4.69) is 20.2 Å². The van der Waals surface area contributed by atoms with Crippen molar-refractivity contribution >= 4 is 69.3 Å². The predicted molar refractivity (Wildman–Crippen MR) is 169 cm³/mol. The molecule has 2 amide bonds. The van der Waals surface area contributed by atoms with Crippen molar-refractivity contribution in [1.82, 2.24) is 15.2 Å². The van der Waals surface area contributed by atoms with Crippen LogP contribution in [-0.4, -0.2) is 70.2 Å². The van der Waals surface area contributed by atoms with Gasteiger partial charge in [0.1, 0.15) is 22.8 Å². The van der Waals surface area contributed by atoms with Crippen LogP contribution in [-0.2, 0) is 33.5 Å². The number of nitrogens with zero attached hydrogens (tertiary/aromatic N) is 3. The summed E-state index contributed by atoms with van der Waals surface area (Å²) in [7, 11) is 1.18. The molecule has 232 valence electrons. The third kappa shape index (κ3) is 7.03. The van der Waals surface area contributed by atoms with Crippen LogP contribution >= 0.6 is 34.7 Å². The molecule has 0 bridgehead atoms. The number of halogens is 1. The summed E-state index contributed by atoms with van der Waals surface area (Å²) >= 11 is 8.30. The summed E-state index contributed by atoms with van der Waals surface area (Å²) in [4.78, 5) is 62.6. The Morgan fingerprint density at radius 1 is 1.16 bits per heavy atom. The predicted octanol–water partition coefficient (Wildman–Crippen LogP) is 3.36. The summed E-state index contributed by atoms with van der Waals surface area (Å²) < 4.78 is 10.6. The van der Waals surface area contributed by atoms with E-state index >= 15 is 0 Å². The zero-order valence-corrected chi connectivity index (χ0v) is 26.0. The monoisotopic (exact) mass is 667 g/mol. The second-order valence-electron chi connectivity index (χ2n) is 9.49. The van der Waals surface area contributed by atoms with Gasteiger partial charge in [0.05, 0.1) is 7.11 Å². The van der Waals surface area contributed by atoms with Crippen molar-refractivity contribution in [2.45, 2.75) is 17.5 Å². The molecule has 1 saturated heterocycles. The van der Waals surface area contributed by atoms with Crippen LogP contribution in [0.5, 0.6) is 0 Å². The SMILES string of the molecule is COC(=O)CON=C(C(=O)NC1C(=O)N2C(C(=O)OC(c3ccccc3)c3ccccc3)=C(/C=C/Cl)CS[C@H]12)c1csc(N)n1. The molecule has 3 N–H and O–H groups in total. The van der Waals surface area contributed by atoms with Crippen molar-refractivity contribution in [1.29, 1.82) is 0 Å². The van der Waals surface area contributed by atoms with Crippen LogP contribution in [0, 0.1) is 0 Å². The van der Waals surface area contributed by atoms with Crippen molar-refractivity contribution in [3.8, 4) is 0 Å². The number of carbonyl (C=O) groups is 4. The van der Waals surface area contributed by atoms with Gasteiger partial charge in [-0.3, -0.25) is 14.5 Å². The van der Waals surface area contributed by atoms with Gasteiger partial charge >= 0.3 is 11.9 Å². The largest absolute Gasteiger partial charge is 0.466 e. The van der Waals surface area contributed by atoms with Gasteiger partial charge in [-0.05, 0) is 22.8 Å². The van der Waals surface area contributed by atoms with Gasteiger partial charge in [0, 0.05) is 16.7 Å². The lowest BCUT2D eigenvalue weighted by atomic mass is 10.0. The Labute approximate surface area is 270 Å². The van der Waals surface area contributed by atoms with Crippen LogP contribution < -0.4 is 11.1 Å². The number of nitrogen functional groups attached to an aromatic ring is 1. The number of methoxy groups -OCH3 is 1. The average Bonchev–Trinajstić information content (AvgIpc) is 3.50. The van der Waals surface area contributed by atoms with E-state index in [0.29, 0.717) is 11.3 Å². The number of fused-ring (bicyclic) bond motifs is 1. The van der Waals surface area contributed by atoms with E-state index in [4.69, 9.17) is 26.9 Å². The number of thioether (sulfide) groups is 1. The topological polar surface area (TPSA) is 163 Å². The fourth-order valence-electron chi connectivity index (χ4n) is 4.60. The first kappa shape index (κ1) is 31.8. The number of rotatable bonds is 11. The fourth-order valence-corrected chi connectivity index (χ4v) is 6.62. The Hall–Kier alpha value is -4.66. The van der Waals surface area contributed by atoms with E-state index in [0.717, 1.165) is 22.5 Å². The number of anilines is 1. The number of β-lactam (4-membered cyclic amide) rings is 1. The Morgan fingerprint density at radius 2 is 1.82 bits per heavy atom. The summed E-state index contributed by atoms with van der Waals surface area (Å²) in [5.74, 6) is -2.47. The molecular weight excluding hydrogens is 642 g/mol. The number of hydrogen-bond donors (Lipinski definition) is 2. The molecular formula is C30H26ClN5O7S2. The van der Waals surface area contributed by atoms with Crippen LogP contribution in [0.25, 0.3) is 0 Å². The molecule has 45 heavy (non-hydrogen) atoms. The lowest BCUT2D eigenvalue weighted by molar-refractivity contribution is -0.154. The van der Waals surface area contributed by atoms with Crippen LogP contribution in [0.4, 0.5) is 5.13 Å². The second-order valence-corrected chi connectivity index (χ2v) is 11.7. The molecule has 5 rings (SSSR count). The van der Waals surface area contributed by atoms with Crippen LogP contribution in [0.2, 0.25) is 0 Å². The Balaban J connectivity index is 1.38. The average molecular weight is 668 g/mol. The highest BCUT2D eigenvalue weighted by Gasteiger charge is 2.54. The number of esters is 2. The zero-order valence-electron chi connectivity index (χ0n) is 23.6. The maximum Gasteiger partial charge on any atom is 0.356 e. The summed E-state index contributed by atoms with van der Waals surface area (Å²) in [5, 5.41) is 7.43. The second kappa shape index (κ2) is 14.4. The quantitative estimate of drug-likeness (QED) is 0.134. The van der Waals surface area contributed by atoms with Crippen LogP contribution in [0.15, 0.2) is 94.1 Å². The molecule has 1 unspecified atom stereocenters. The molecule has 2 atom stereocenters. The van der Waals surface area contributed by atoms with Gasteiger partial charge in [-0.25, -0.2) is 14.6 Å². The van der Waals surface area contributed by atoms with Gasteiger partial charge in [-0.15, -0.1) is 23.1 Å². The number of amides is 2. The smallest absolute Gasteiger partial charge is 0.356 e. The summed E-state index contributed by atoms with van der Waals surface area (Å²) in [6, 6.07) is 17.5. The van der Waals surface area contributed by atoms with Crippen molar-refractivity contribution in [3.05, 3.63) is 106 Å². The first-order valence-corrected chi connectivity index (χ1v) is 15.7. The summed E-state index contributed by atoms with van der Waals surface area (Å²) in [6.45, 7) is -0.554. The van der Waals surface area contributed by atoms with Crippen molar-refractivity contribution in [2.24, 2.45) is 5.16 Å². The minimum atomic E-state index is -1.02. The number of allylic oxidation sites excluding steroid dienone is 1. The zero-order chi connectivity index (χ0) is 31.9. The van der Waals surface area contributed by atoms with Crippen LogP contribution in [0.3, 0.4) is 0 Å². The van der Waals surface area contributed by atoms with Crippen LogP contribution in [0.1, 0.15) is 22.9 Å². The molecule has 2 aromatic carbocycles. The van der Waals surface area contributed by atoms with E-state index in [1.54, 1.807) is 0 Å². The van der Waals surface area contributed by atoms with Crippen molar-refractivity contribution in [3.63, 3.8) is 0 Å². The van der Waals surface area contributed by atoms with Gasteiger partial charge in [0.2, 0.25) is 6.61 Å². The maximum absolute atomic E-state index is 13.9. The molecule has 2 aliphatic rings. The Morgan fingerprint density at radius 3 is 2.40 bits per heavy atom. The van der Waals surface area contributed by atoms with Gasteiger partial charge in [0.15, 0.2) is 16.9 Å². The van der Waals surface area contributed by atoms with Gasteiger partial charge < -0.3 is 25.4 Å². The number of benzene rings is 2. The number of ether oxygens (including phenoxy) is 2. The summed E-state index contributed by atoms with van der Waals surface area (Å²) in [6.07, 6.45) is 0.791. The molecule has 0 aliphatic carbocycles. The Bertz CT molecular complexity index is 1640. The highest BCUT2D eigenvalue weighted by Crippen LogP contribution is 2.42. The van der Waals surface area contributed by atoms with Crippen molar-refractivity contribution in [2.75, 3.05) is 25.2 Å². The molecule has 1 fully saturated rings. The number of aromatic nitrogens is 1. The van der Waals surface area contributed by atoms with Gasteiger partial charge in [0.25, 0.3) is 11.8 Å². The fraction of sp³-hybridized carbons (Fsp3) is 0.200. The number of carbonyl (C=O) groups excluding carboxylic acids is 4. The molecule has 15 heteroatoms. The number of nitrogens with two attached hydrogens (primary N) is 1. The van der Waals surface area contributed by atoms with Gasteiger partial charge in [-0.2, -0.15) is 0 Å². The minimum absolute atomic E-state index is 0.0330. The maximum atomic E-state index is 13.9. The third-order valence-corrected chi connectivity index (χ3v) is 8.82. The first-order valence-electron chi connectivity index (χ1n) is 13.4. The number of hydrogen-bond acceptors (Lipinski definition) is 12. The van der Waals surface area contributed by atoms with E-state index in [1.807, 2.05) is 60.7 Å². The van der Waals surface area contributed by atoms with Crippen molar-refractivity contribution < 1.29 is 33.5 Å². The van der Waals surface area contributed by atoms with E-state index in [9.17, 15) is 19.2 Å². The lowest BCUT2D eigenvalue weighted by Gasteiger charge is -2.49. The highest BCUT2D eigenvalue weighted by molar-refractivity contribution is 8.00. The Kier molecular flexibility index (Phi) is 10.2. The number of thiazole rings is 1. The molecule has 1 aromatic heterocycles. The van der Waals surface area contributed by atoms with E-state index in [1.165, 1.54) is 40.8 Å². The summed E-state index contributed by atoms with van der Waals surface area (Å²) in [5.41, 5.74) is 8.80. The number of oxime groups is 1. The molecule has 0 saturated carbocycles. The molecule has 12 nitrogen and oxygen atoms in total. The van der Waals surface area contributed by atoms with E-state index < -0.39 is 47.9 Å². The molecule has 3 heterocycles. The lowest BCUT2D eigenvalue weighted by Crippen LogP contribution is -2.71. The van der Waals surface area contributed by atoms with Gasteiger partial charge in [-0.1, -0.05) is 77.4 Å². The number of nitrogens with one attached hydrogen (secondary N) is 1. The molecule has 2 aliphatic heterocycles. The third-order valence-electron chi connectivity index (χ3n) is 6.72. The minimum Gasteiger partial charge on any atom is -0.466 e. The normalized spacial score (nSPS) is 18.0. The molecule has 3 aromatic rings. The molecule has 0 spiro atoms. The highest BCUT2D eigenvalue weighted by atomic mass is 35.5. The van der Waals surface area contributed by atoms with E-state index in [-0.39, 0.29) is 22.2 Å². The standard InChI is InChI=1S/C30H26ClN5O7S2/c1-41-21(37)14-42-35-22(20-16-45-30(32)33-20)26(38)34-23-27(39)36-24(19(12-13-31)15-44-28(23)36)29(40)43-25(17-8-4-2-5-9-17)18-10-6-3-7-11-18/h2-13,16,23,25,28H,14-15H2,1H3,(H2,32,33)(H,34,38)/b13-12+,35-22?/t23?,28-/m1/s1.